The number of nitrogens with zero attached hydrogens (tertiary/aromatic N) is 1. The molecule has 4 nitrogen and oxygen atoms in total. The normalized spacial score (nSPS) is 11.0. The highest BCUT2D eigenvalue weighted by Crippen LogP contribution is 2.20. The molecule has 2 heterocycles. The lowest BCUT2D eigenvalue weighted by Gasteiger charge is -2.22. The van der Waals surface area contributed by atoms with E-state index in [-0.39, 0.29) is 17.7 Å². The summed E-state index contributed by atoms with van der Waals surface area (Å²) >= 11 is 1.51. The number of nitrogens with one attached hydrogen (secondary N) is 1. The van der Waals surface area contributed by atoms with Crippen molar-refractivity contribution in [2.24, 2.45) is 0 Å². The summed E-state index contributed by atoms with van der Waals surface area (Å²) in [7, 11) is 0. The first-order valence-electron chi connectivity index (χ1n) is 9.20. The van der Waals surface area contributed by atoms with Crippen molar-refractivity contribution in [1.82, 2.24) is 9.88 Å². The van der Waals surface area contributed by atoms with Gasteiger partial charge >= 0.3 is 0 Å². The number of pyridine rings is 1. The van der Waals surface area contributed by atoms with Gasteiger partial charge in [0, 0.05) is 10.4 Å². The second-order valence-electron chi connectivity index (χ2n) is 6.88. The Labute approximate surface area is 171 Å². The monoisotopic (exact) mass is 406 g/mol. The molecule has 0 radical (unpaired) electrons. The van der Waals surface area contributed by atoms with Crippen LogP contribution in [0.2, 0.25) is 0 Å². The van der Waals surface area contributed by atoms with Crippen LogP contribution in [0.4, 0.5) is 4.39 Å². The summed E-state index contributed by atoms with van der Waals surface area (Å²) in [5.74, 6) is -1.02. The van der Waals surface area contributed by atoms with E-state index in [0.29, 0.717) is 12.1 Å². The first-order chi connectivity index (χ1) is 14.0. The average molecular weight is 406 g/mol. The van der Waals surface area contributed by atoms with Crippen LogP contribution in [0.15, 0.2) is 70.8 Å². The molecule has 0 saturated heterocycles. The average Bonchev–Trinajstić information content (AvgIpc) is 3.22. The highest BCUT2D eigenvalue weighted by atomic mass is 32.1. The van der Waals surface area contributed by atoms with Crippen LogP contribution in [-0.2, 0) is 13.1 Å². The number of para-hydroxylation sites is 1. The van der Waals surface area contributed by atoms with Crippen molar-refractivity contribution in [2.75, 3.05) is 0 Å². The van der Waals surface area contributed by atoms with Crippen molar-refractivity contribution < 1.29 is 9.18 Å². The molecule has 2 aromatic heterocycles. The van der Waals surface area contributed by atoms with Crippen molar-refractivity contribution in [3.8, 4) is 0 Å². The molecule has 4 rings (SSSR count). The molecule has 0 saturated carbocycles. The van der Waals surface area contributed by atoms with Gasteiger partial charge < -0.3 is 9.88 Å². The van der Waals surface area contributed by atoms with Gasteiger partial charge in [-0.05, 0) is 47.5 Å². The Bertz CT molecular complexity index is 1230. The van der Waals surface area contributed by atoms with E-state index in [1.807, 2.05) is 42.6 Å². The zero-order valence-electron chi connectivity index (χ0n) is 15.8. The van der Waals surface area contributed by atoms with Gasteiger partial charge in [-0.1, -0.05) is 36.4 Å². The number of H-pyrrole nitrogens is 1. The number of halogens is 1. The molecular formula is C23H19FN2O2S. The topological polar surface area (TPSA) is 53.2 Å². The number of fused-ring (bicyclic) bond motifs is 1. The molecule has 0 spiro atoms. The SMILES string of the molecule is Cc1cccc2cc(CN(Cc3cccs3)C(=O)c3ccccc3F)c(=O)[nH]c12. The largest absolute Gasteiger partial charge is 0.329 e. The summed E-state index contributed by atoms with van der Waals surface area (Å²) in [6.07, 6.45) is 0. The maximum Gasteiger partial charge on any atom is 0.257 e. The molecule has 0 fully saturated rings. The van der Waals surface area contributed by atoms with Crippen LogP contribution in [0.5, 0.6) is 0 Å². The first kappa shape index (κ1) is 19.1. The molecule has 1 N–H and O–H groups in total. The van der Waals surface area contributed by atoms with E-state index >= 15 is 0 Å². The number of carbonyl (C=O) groups excluding carboxylic acids is 1. The van der Waals surface area contributed by atoms with Gasteiger partial charge in [0.1, 0.15) is 5.82 Å². The maximum absolute atomic E-state index is 14.2. The molecule has 6 heteroatoms. The third kappa shape index (κ3) is 3.98. The predicted molar refractivity (Wildman–Crippen MR) is 114 cm³/mol. The Morgan fingerprint density at radius 3 is 2.66 bits per heavy atom. The van der Waals surface area contributed by atoms with E-state index < -0.39 is 11.7 Å². The number of benzene rings is 2. The van der Waals surface area contributed by atoms with Crippen molar-refractivity contribution in [2.45, 2.75) is 20.0 Å². The van der Waals surface area contributed by atoms with Crippen LogP contribution in [0.3, 0.4) is 0 Å². The van der Waals surface area contributed by atoms with Gasteiger partial charge in [0.05, 0.1) is 24.2 Å². The summed E-state index contributed by atoms with van der Waals surface area (Å²) in [6.45, 7) is 2.32. The molecule has 146 valence electrons. The van der Waals surface area contributed by atoms with Crippen LogP contribution < -0.4 is 5.56 Å². The molecule has 0 aliphatic carbocycles. The standard InChI is InChI=1S/C23H19FN2O2S/c1-15-6-4-7-16-12-17(22(27)25-21(15)16)13-26(14-18-8-5-11-29-18)23(28)19-9-2-3-10-20(19)24/h2-12H,13-14H2,1H3,(H,25,27). The van der Waals surface area contributed by atoms with E-state index in [1.165, 1.54) is 28.4 Å². The zero-order chi connectivity index (χ0) is 20.4. The van der Waals surface area contributed by atoms with Gasteiger partial charge in [0.2, 0.25) is 0 Å². The molecular weight excluding hydrogens is 387 g/mol. The molecule has 0 atom stereocenters. The first-order valence-corrected chi connectivity index (χ1v) is 10.1. The Morgan fingerprint density at radius 1 is 1.07 bits per heavy atom. The van der Waals surface area contributed by atoms with Gasteiger partial charge in [-0.15, -0.1) is 11.3 Å². The van der Waals surface area contributed by atoms with Gasteiger partial charge in [-0.3, -0.25) is 9.59 Å². The minimum absolute atomic E-state index is 0.00267. The molecule has 4 aromatic rings. The fourth-order valence-electron chi connectivity index (χ4n) is 3.35. The predicted octanol–water partition coefficient (Wildman–Crippen LogP) is 4.88. The Kier molecular flexibility index (Phi) is 5.27. The smallest absolute Gasteiger partial charge is 0.257 e. The molecule has 0 bridgehead atoms. The van der Waals surface area contributed by atoms with Crippen molar-refractivity contribution >= 4 is 28.1 Å². The van der Waals surface area contributed by atoms with E-state index in [9.17, 15) is 14.0 Å². The number of rotatable bonds is 5. The molecule has 29 heavy (non-hydrogen) atoms. The van der Waals surface area contributed by atoms with Gasteiger partial charge in [-0.2, -0.15) is 0 Å². The Balaban J connectivity index is 1.73. The van der Waals surface area contributed by atoms with Crippen molar-refractivity contribution in [3.05, 3.63) is 104 Å². The summed E-state index contributed by atoms with van der Waals surface area (Å²) < 4.78 is 14.2. The number of hydrogen-bond donors (Lipinski definition) is 1. The lowest BCUT2D eigenvalue weighted by atomic mass is 10.1. The maximum atomic E-state index is 14.2. The lowest BCUT2D eigenvalue weighted by Crippen LogP contribution is -2.32. The lowest BCUT2D eigenvalue weighted by molar-refractivity contribution is 0.0726. The molecule has 0 unspecified atom stereocenters. The van der Waals surface area contributed by atoms with Crippen molar-refractivity contribution in [3.63, 3.8) is 0 Å². The minimum atomic E-state index is -0.572. The van der Waals surface area contributed by atoms with Gasteiger partial charge in [0.15, 0.2) is 0 Å². The second-order valence-corrected chi connectivity index (χ2v) is 7.92. The van der Waals surface area contributed by atoms with Crippen LogP contribution in [0.1, 0.15) is 26.4 Å². The van der Waals surface area contributed by atoms with Crippen LogP contribution in [-0.4, -0.2) is 15.8 Å². The van der Waals surface area contributed by atoms with Crippen LogP contribution in [0, 0.1) is 12.7 Å². The summed E-state index contributed by atoms with van der Waals surface area (Å²) in [5, 5.41) is 2.82. The second kappa shape index (κ2) is 8.01. The number of aromatic nitrogens is 1. The number of amides is 1. The van der Waals surface area contributed by atoms with E-state index in [0.717, 1.165) is 21.3 Å². The number of aromatic amines is 1. The number of aryl methyl sites for hydroxylation is 1. The number of thiophene rings is 1. The number of carbonyl (C=O) groups is 1. The summed E-state index contributed by atoms with van der Waals surface area (Å²) in [5.41, 5.74) is 1.97. The highest BCUT2D eigenvalue weighted by molar-refractivity contribution is 7.09. The van der Waals surface area contributed by atoms with Gasteiger partial charge in [0.25, 0.3) is 11.5 Å². The zero-order valence-corrected chi connectivity index (χ0v) is 16.6. The highest BCUT2D eigenvalue weighted by Gasteiger charge is 2.21. The Hall–Kier alpha value is -3.25. The molecule has 1 amide bonds. The molecule has 0 aliphatic rings. The molecule has 2 aromatic carbocycles. The third-order valence-corrected chi connectivity index (χ3v) is 5.71. The van der Waals surface area contributed by atoms with E-state index in [4.69, 9.17) is 0 Å². The summed E-state index contributed by atoms with van der Waals surface area (Å²) in [4.78, 5) is 31.2. The van der Waals surface area contributed by atoms with Gasteiger partial charge in [-0.25, -0.2) is 4.39 Å². The third-order valence-electron chi connectivity index (χ3n) is 4.84. The number of hydrogen-bond acceptors (Lipinski definition) is 3. The van der Waals surface area contributed by atoms with Crippen LogP contribution >= 0.6 is 11.3 Å². The molecule has 0 aliphatic heterocycles. The fourth-order valence-corrected chi connectivity index (χ4v) is 4.07. The Morgan fingerprint density at radius 2 is 1.90 bits per heavy atom. The quantitative estimate of drug-likeness (QED) is 0.514. The fraction of sp³-hybridized carbons (Fsp3) is 0.130. The van der Waals surface area contributed by atoms with Crippen LogP contribution in [0.25, 0.3) is 10.9 Å². The van der Waals surface area contributed by atoms with Crippen molar-refractivity contribution in [1.29, 1.82) is 0 Å². The summed E-state index contributed by atoms with van der Waals surface area (Å²) in [6, 6.07) is 17.3. The van der Waals surface area contributed by atoms with E-state index in [1.54, 1.807) is 18.2 Å². The minimum Gasteiger partial charge on any atom is -0.329 e. The van der Waals surface area contributed by atoms with E-state index in [2.05, 4.69) is 4.98 Å².